The molecule has 0 spiro atoms. The number of fused-ring (bicyclic) bond motifs is 1. The van der Waals surface area contributed by atoms with Gasteiger partial charge in [-0.25, -0.2) is 0 Å². The molecule has 0 saturated carbocycles. The van der Waals surface area contributed by atoms with Gasteiger partial charge in [-0.1, -0.05) is 29.8 Å². The number of allylic oxidation sites excluding steroid dienone is 1. The van der Waals surface area contributed by atoms with Crippen LogP contribution in [0.4, 0.5) is 11.4 Å². The molecule has 2 aromatic rings. The number of ketones is 1. The predicted octanol–water partition coefficient (Wildman–Crippen LogP) is 5.20. The van der Waals surface area contributed by atoms with Crippen LogP contribution in [0.1, 0.15) is 47.6 Å². The van der Waals surface area contributed by atoms with Gasteiger partial charge in [-0.2, -0.15) is 0 Å². The first-order chi connectivity index (χ1) is 12.0. The lowest BCUT2D eigenvalue weighted by molar-refractivity contribution is -0.116. The molecule has 0 bridgehead atoms. The van der Waals surface area contributed by atoms with Crippen LogP contribution in [-0.4, -0.2) is 5.78 Å². The minimum absolute atomic E-state index is 0.0979. The number of hydrogen-bond donors (Lipinski definition) is 2. The molecule has 25 heavy (non-hydrogen) atoms. The van der Waals surface area contributed by atoms with E-state index in [1.807, 2.05) is 0 Å². The summed E-state index contributed by atoms with van der Waals surface area (Å²) in [5, 5.41) is 7.22. The van der Waals surface area contributed by atoms with Crippen molar-refractivity contribution in [1.29, 1.82) is 0 Å². The molecule has 2 N–H and O–H groups in total. The largest absolute Gasteiger partial charge is 0.372 e. The normalized spacial score (nSPS) is 19.5. The summed E-state index contributed by atoms with van der Waals surface area (Å²) < 4.78 is 0. The second-order valence-corrected chi connectivity index (χ2v) is 7.26. The standard InChI is InChI=1S/C22H24N2O/c1-13-7-9-16(10-8-13)22-21-17(5-4-6-20(21)25)23-18-11-14(2)15(3)12-19(18)24-22/h7-12,22-24H,4-6H2,1-3H3. The number of hydrogen-bond acceptors (Lipinski definition) is 3. The van der Waals surface area contributed by atoms with Crippen LogP contribution in [0.15, 0.2) is 47.7 Å². The molecule has 128 valence electrons. The highest BCUT2D eigenvalue weighted by Gasteiger charge is 2.32. The van der Waals surface area contributed by atoms with E-state index < -0.39 is 0 Å². The Balaban J connectivity index is 1.88. The SMILES string of the molecule is Cc1ccc(C2Nc3cc(C)c(C)cc3NC3=C2C(=O)CCC3)cc1. The monoisotopic (exact) mass is 332 g/mol. The maximum absolute atomic E-state index is 12.8. The molecule has 2 aliphatic rings. The van der Waals surface area contributed by atoms with Crippen LogP contribution in [0.5, 0.6) is 0 Å². The molecule has 1 unspecified atom stereocenters. The van der Waals surface area contributed by atoms with Crippen molar-refractivity contribution in [3.8, 4) is 0 Å². The van der Waals surface area contributed by atoms with E-state index in [0.29, 0.717) is 6.42 Å². The Kier molecular flexibility index (Phi) is 3.87. The fourth-order valence-electron chi connectivity index (χ4n) is 3.77. The summed E-state index contributed by atoms with van der Waals surface area (Å²) >= 11 is 0. The second kappa shape index (κ2) is 6.07. The minimum atomic E-state index is -0.0979. The van der Waals surface area contributed by atoms with Gasteiger partial charge in [-0.3, -0.25) is 4.79 Å². The van der Waals surface area contributed by atoms with Gasteiger partial charge in [0.2, 0.25) is 0 Å². The van der Waals surface area contributed by atoms with Crippen LogP contribution in [0.3, 0.4) is 0 Å². The molecule has 0 radical (unpaired) electrons. The Morgan fingerprint density at radius 2 is 1.60 bits per heavy atom. The first-order valence-corrected chi connectivity index (χ1v) is 9.00. The molecule has 0 fully saturated rings. The molecule has 0 aromatic heterocycles. The highest BCUT2D eigenvalue weighted by atomic mass is 16.1. The number of rotatable bonds is 1. The molecule has 1 atom stereocenters. The van der Waals surface area contributed by atoms with Gasteiger partial charge in [-0.05, 0) is 62.4 Å². The van der Waals surface area contributed by atoms with Crippen molar-refractivity contribution in [3.63, 3.8) is 0 Å². The van der Waals surface area contributed by atoms with E-state index in [9.17, 15) is 4.79 Å². The van der Waals surface area contributed by atoms with Crippen LogP contribution in [0.2, 0.25) is 0 Å². The van der Waals surface area contributed by atoms with Crippen LogP contribution in [-0.2, 0) is 4.79 Å². The maximum atomic E-state index is 12.8. The van der Waals surface area contributed by atoms with Crippen LogP contribution in [0, 0.1) is 20.8 Å². The summed E-state index contributed by atoms with van der Waals surface area (Å²) in [4.78, 5) is 12.8. The molecule has 1 aliphatic carbocycles. The Morgan fingerprint density at radius 1 is 0.920 bits per heavy atom. The van der Waals surface area contributed by atoms with E-state index in [1.165, 1.54) is 16.7 Å². The first kappa shape index (κ1) is 15.9. The Hall–Kier alpha value is -2.55. The van der Waals surface area contributed by atoms with Crippen molar-refractivity contribution in [2.75, 3.05) is 10.6 Å². The Labute approximate surface area is 149 Å². The molecule has 0 amide bonds. The molecule has 3 nitrogen and oxygen atoms in total. The second-order valence-electron chi connectivity index (χ2n) is 7.26. The zero-order valence-electron chi connectivity index (χ0n) is 15.1. The zero-order chi connectivity index (χ0) is 17.6. The lowest BCUT2D eigenvalue weighted by atomic mass is 9.86. The van der Waals surface area contributed by atoms with Crippen LogP contribution in [0.25, 0.3) is 0 Å². The van der Waals surface area contributed by atoms with E-state index in [2.05, 4.69) is 67.8 Å². The third kappa shape index (κ3) is 2.84. The Bertz CT molecular complexity index is 878. The fourth-order valence-corrected chi connectivity index (χ4v) is 3.77. The van der Waals surface area contributed by atoms with Crippen molar-refractivity contribution >= 4 is 17.2 Å². The molecule has 4 rings (SSSR count). The number of benzene rings is 2. The molecular weight excluding hydrogens is 308 g/mol. The van der Waals surface area contributed by atoms with E-state index >= 15 is 0 Å². The Morgan fingerprint density at radius 3 is 2.32 bits per heavy atom. The zero-order valence-corrected chi connectivity index (χ0v) is 15.1. The summed E-state index contributed by atoms with van der Waals surface area (Å²) in [5.41, 5.74) is 8.99. The van der Waals surface area contributed by atoms with Gasteiger partial charge in [0, 0.05) is 17.7 Å². The summed E-state index contributed by atoms with van der Waals surface area (Å²) in [7, 11) is 0. The van der Waals surface area contributed by atoms with E-state index in [0.717, 1.165) is 41.1 Å². The van der Waals surface area contributed by atoms with Gasteiger partial charge in [0.25, 0.3) is 0 Å². The number of anilines is 2. The molecular formula is C22H24N2O. The molecule has 1 heterocycles. The highest BCUT2D eigenvalue weighted by Crippen LogP contribution is 2.41. The van der Waals surface area contributed by atoms with Crippen LogP contribution < -0.4 is 10.6 Å². The van der Waals surface area contributed by atoms with E-state index in [1.54, 1.807) is 0 Å². The smallest absolute Gasteiger partial charge is 0.163 e. The minimum Gasteiger partial charge on any atom is -0.372 e. The predicted molar refractivity (Wildman–Crippen MR) is 103 cm³/mol. The topological polar surface area (TPSA) is 41.1 Å². The number of nitrogens with one attached hydrogen (secondary N) is 2. The van der Waals surface area contributed by atoms with Crippen molar-refractivity contribution in [1.82, 2.24) is 0 Å². The number of Topliss-reactive ketones (excluding diaryl/α,β-unsaturated/α-hetero) is 1. The number of aryl methyl sites for hydroxylation is 3. The molecule has 3 heteroatoms. The van der Waals surface area contributed by atoms with Gasteiger partial charge >= 0.3 is 0 Å². The van der Waals surface area contributed by atoms with Gasteiger partial charge in [0.05, 0.1) is 17.4 Å². The summed E-state index contributed by atoms with van der Waals surface area (Å²) in [6.07, 6.45) is 2.49. The molecule has 1 aliphatic heterocycles. The lowest BCUT2D eigenvalue weighted by Gasteiger charge is -2.25. The van der Waals surface area contributed by atoms with Crippen molar-refractivity contribution in [3.05, 3.63) is 69.9 Å². The third-order valence-electron chi connectivity index (χ3n) is 5.37. The number of carbonyl (C=O) groups excluding carboxylic acids is 1. The summed E-state index contributed by atoms with van der Waals surface area (Å²) in [6, 6.07) is 12.8. The highest BCUT2D eigenvalue weighted by molar-refractivity contribution is 6.00. The average molecular weight is 332 g/mol. The van der Waals surface area contributed by atoms with Crippen molar-refractivity contribution in [2.24, 2.45) is 0 Å². The summed E-state index contributed by atoms with van der Waals surface area (Å²) in [5.74, 6) is 0.257. The third-order valence-corrected chi connectivity index (χ3v) is 5.37. The summed E-state index contributed by atoms with van der Waals surface area (Å²) in [6.45, 7) is 6.34. The number of carbonyl (C=O) groups is 1. The van der Waals surface area contributed by atoms with E-state index in [-0.39, 0.29) is 11.8 Å². The van der Waals surface area contributed by atoms with Gasteiger partial charge in [0.15, 0.2) is 5.78 Å². The average Bonchev–Trinajstić information content (AvgIpc) is 2.74. The maximum Gasteiger partial charge on any atom is 0.163 e. The molecule has 0 saturated heterocycles. The fraction of sp³-hybridized carbons (Fsp3) is 0.318. The van der Waals surface area contributed by atoms with Gasteiger partial charge in [0.1, 0.15) is 0 Å². The first-order valence-electron chi connectivity index (χ1n) is 9.00. The van der Waals surface area contributed by atoms with Gasteiger partial charge < -0.3 is 10.6 Å². The molecule has 2 aromatic carbocycles. The van der Waals surface area contributed by atoms with Crippen molar-refractivity contribution < 1.29 is 4.79 Å². The van der Waals surface area contributed by atoms with Gasteiger partial charge in [-0.15, -0.1) is 0 Å². The van der Waals surface area contributed by atoms with E-state index in [4.69, 9.17) is 0 Å². The lowest BCUT2D eigenvalue weighted by Crippen LogP contribution is -2.23. The quantitative estimate of drug-likeness (QED) is 0.754. The van der Waals surface area contributed by atoms with Crippen molar-refractivity contribution in [2.45, 2.75) is 46.1 Å². The van der Waals surface area contributed by atoms with Crippen LogP contribution >= 0.6 is 0 Å².